The number of sulfonamides is 1. The predicted octanol–water partition coefficient (Wildman–Crippen LogP) is 5.56. The van der Waals surface area contributed by atoms with E-state index in [-0.39, 0.29) is 32.2 Å². The van der Waals surface area contributed by atoms with E-state index < -0.39 is 26.2 Å². The van der Waals surface area contributed by atoms with E-state index in [4.69, 9.17) is 27.8 Å². The fourth-order valence-electron chi connectivity index (χ4n) is 5.42. The van der Waals surface area contributed by atoms with Gasteiger partial charge in [0.05, 0.1) is 10.0 Å². The monoisotopic (exact) mass is 718 g/mol. The number of hydrogen-bond donors (Lipinski definition) is 4. The Hall–Kier alpha value is -3.84. The van der Waals surface area contributed by atoms with Gasteiger partial charge < -0.3 is 19.4 Å². The van der Waals surface area contributed by atoms with Crippen LogP contribution in [-0.4, -0.2) is 65.9 Å². The van der Waals surface area contributed by atoms with Crippen LogP contribution in [0.3, 0.4) is 0 Å². The normalized spacial score (nSPS) is 14.9. The van der Waals surface area contributed by atoms with Crippen LogP contribution in [-0.2, 0) is 31.5 Å². The van der Waals surface area contributed by atoms with Crippen molar-refractivity contribution < 1.29 is 26.2 Å². The third-order valence-corrected chi connectivity index (χ3v) is 11.3. The molecule has 1 atom stereocenters. The molecule has 1 unspecified atom stereocenters. The number of H-pyrrole nitrogens is 2. The minimum Gasteiger partial charge on any atom is -0.361 e. The molecule has 248 valence electrons. The summed E-state index contributed by atoms with van der Waals surface area (Å²) in [4.78, 5) is 20.5. The summed E-state index contributed by atoms with van der Waals surface area (Å²) in [5.41, 5.74) is 1.71. The Kier molecular flexibility index (Phi) is 10.4. The van der Waals surface area contributed by atoms with Crippen molar-refractivity contribution >= 4 is 71.1 Å². The smallest absolute Gasteiger partial charge is 0.296 e. The number of aromatic nitrogens is 3. The maximum atomic E-state index is 13.4. The zero-order chi connectivity index (χ0) is 33.9. The van der Waals surface area contributed by atoms with Crippen LogP contribution in [0.15, 0.2) is 76.9 Å². The largest absolute Gasteiger partial charge is 0.361 e. The number of nitrogens with one attached hydrogen (secondary N) is 3. The summed E-state index contributed by atoms with van der Waals surface area (Å²) in [7, 11) is -8.34. The Morgan fingerprint density at radius 1 is 1.00 bits per heavy atom. The van der Waals surface area contributed by atoms with Crippen molar-refractivity contribution in [2.24, 2.45) is 5.92 Å². The first-order valence-corrected chi connectivity index (χ1v) is 18.3. The number of nitrogens with zero attached hydrogens (tertiary/aromatic N) is 3. The molecule has 1 aliphatic rings. The Morgan fingerprint density at radius 3 is 2.15 bits per heavy atom. The molecule has 47 heavy (non-hydrogen) atoms. The Labute approximate surface area is 282 Å². The summed E-state index contributed by atoms with van der Waals surface area (Å²) in [5, 5.41) is 11.0. The number of piperidine rings is 1. The van der Waals surface area contributed by atoms with Gasteiger partial charge in [0.2, 0.25) is 15.9 Å². The number of halogens is 2. The molecular formula is C31H32Cl2N6O6S2. The van der Waals surface area contributed by atoms with Crippen molar-refractivity contribution in [3.63, 3.8) is 0 Å². The number of benzene rings is 2. The predicted molar refractivity (Wildman–Crippen MR) is 179 cm³/mol. The molecular weight excluding hydrogens is 687 g/mol. The Morgan fingerprint density at radius 2 is 1.57 bits per heavy atom. The van der Waals surface area contributed by atoms with Gasteiger partial charge in [-0.1, -0.05) is 30.1 Å². The molecule has 4 heterocycles. The average molecular weight is 720 g/mol. The number of fused-ring (bicyclic) bond motifs is 2. The molecule has 0 aliphatic carbocycles. The minimum atomic E-state index is -4.25. The number of hydrogen-bond acceptors (Lipinski definition) is 6. The van der Waals surface area contributed by atoms with E-state index >= 15 is 0 Å². The van der Waals surface area contributed by atoms with Crippen LogP contribution in [0.25, 0.3) is 21.8 Å². The lowest BCUT2D eigenvalue weighted by Crippen LogP contribution is -2.51. The first kappa shape index (κ1) is 34.5. The Bertz CT molecular complexity index is 2180. The number of carbonyl (C=O) groups is 1. The molecule has 1 fully saturated rings. The molecule has 0 saturated carbocycles. The summed E-state index contributed by atoms with van der Waals surface area (Å²) in [6, 6.07) is 14.0. The highest BCUT2D eigenvalue weighted by atomic mass is 35.5. The second-order valence-electron chi connectivity index (χ2n) is 11.3. The van der Waals surface area contributed by atoms with E-state index in [0.29, 0.717) is 42.3 Å². The van der Waals surface area contributed by atoms with Gasteiger partial charge in [0, 0.05) is 60.0 Å². The molecule has 3 aromatic heterocycles. The highest BCUT2D eigenvalue weighted by Crippen LogP contribution is 2.28. The van der Waals surface area contributed by atoms with E-state index in [1.54, 1.807) is 58.4 Å². The van der Waals surface area contributed by atoms with Gasteiger partial charge in [-0.25, -0.2) is 8.42 Å². The van der Waals surface area contributed by atoms with E-state index in [1.165, 1.54) is 18.2 Å². The Balaban J connectivity index is 0.000000257. The maximum Gasteiger partial charge on any atom is 0.296 e. The zero-order valence-corrected chi connectivity index (χ0v) is 28.3. The second-order valence-corrected chi connectivity index (χ2v) is 15.2. The van der Waals surface area contributed by atoms with Crippen LogP contribution in [0.5, 0.6) is 0 Å². The highest BCUT2D eigenvalue weighted by molar-refractivity contribution is 7.89. The maximum absolute atomic E-state index is 13.4. The van der Waals surface area contributed by atoms with Gasteiger partial charge in [0.15, 0.2) is 0 Å². The van der Waals surface area contributed by atoms with E-state index in [2.05, 4.69) is 27.7 Å². The van der Waals surface area contributed by atoms with E-state index in [9.17, 15) is 26.9 Å². The topological polar surface area (TPSA) is 181 Å². The molecule has 16 heteroatoms. The molecule has 0 spiro atoms. The number of amides is 1. The summed E-state index contributed by atoms with van der Waals surface area (Å²) >= 11 is 12.0. The number of likely N-dealkylation sites (tertiary alicyclic amines) is 1. The van der Waals surface area contributed by atoms with Crippen LogP contribution in [0, 0.1) is 17.2 Å². The number of nitriles is 1. The van der Waals surface area contributed by atoms with Crippen molar-refractivity contribution in [1.82, 2.24) is 24.2 Å². The van der Waals surface area contributed by atoms with Gasteiger partial charge in [0.1, 0.15) is 27.6 Å². The minimum absolute atomic E-state index is 0.0135. The summed E-state index contributed by atoms with van der Waals surface area (Å²) < 4.78 is 61.5. The molecule has 1 amide bonds. The summed E-state index contributed by atoms with van der Waals surface area (Å²) in [6.07, 6.45) is 7.09. The van der Waals surface area contributed by atoms with Crippen LogP contribution in [0.4, 0.5) is 0 Å². The first-order chi connectivity index (χ1) is 22.3. The fraction of sp³-hybridized carbons (Fsp3) is 0.290. The lowest BCUT2D eigenvalue weighted by Gasteiger charge is -2.33. The van der Waals surface area contributed by atoms with Crippen molar-refractivity contribution in [3.05, 3.63) is 82.9 Å². The van der Waals surface area contributed by atoms with Gasteiger partial charge in [-0.3, -0.25) is 9.35 Å². The van der Waals surface area contributed by atoms with Gasteiger partial charge in [-0.15, -0.1) is 0 Å². The third-order valence-electron chi connectivity index (χ3n) is 8.07. The van der Waals surface area contributed by atoms with Crippen molar-refractivity contribution in [3.8, 4) is 6.07 Å². The molecule has 1 saturated heterocycles. The average Bonchev–Trinajstić information content (AvgIpc) is 3.78. The molecule has 0 bridgehead atoms. The number of rotatable bonds is 8. The van der Waals surface area contributed by atoms with Gasteiger partial charge in [-0.05, 0) is 73.7 Å². The third kappa shape index (κ3) is 8.01. The number of aromatic amines is 2. The number of carbonyl (C=O) groups excluding carboxylic acids is 1. The van der Waals surface area contributed by atoms with Crippen LogP contribution in [0.1, 0.15) is 31.9 Å². The van der Waals surface area contributed by atoms with E-state index in [1.807, 2.05) is 0 Å². The van der Waals surface area contributed by atoms with Gasteiger partial charge in [0.25, 0.3) is 10.1 Å². The van der Waals surface area contributed by atoms with Gasteiger partial charge >= 0.3 is 0 Å². The molecule has 12 nitrogen and oxygen atoms in total. The molecule has 0 radical (unpaired) electrons. The lowest BCUT2D eigenvalue weighted by atomic mass is 9.98. The number of aryl methyl sites for hydroxylation is 1. The van der Waals surface area contributed by atoms with Crippen molar-refractivity contribution in [2.45, 2.75) is 48.6 Å². The lowest BCUT2D eigenvalue weighted by molar-refractivity contribution is -0.134. The highest BCUT2D eigenvalue weighted by Gasteiger charge is 2.32. The summed E-state index contributed by atoms with van der Waals surface area (Å²) in [5.74, 6) is 0.279. The molecule has 6 rings (SSSR count). The molecule has 4 N–H and O–H groups in total. The first-order valence-electron chi connectivity index (χ1n) is 14.6. The standard InChI is InChI=1S/C23H26ClN5O3S.C8H6ClNO3S/c1-16-5-10-29(11-6-16)23(30)20(7-12-28-9-2-3-18(28)15-25)27-33(31,32)22-14-21-17(4-8-26-21)13-19(22)24;9-6-3-5-1-2-10-7(5)4-8(6)14(11,12)13/h2-4,8-9,13-14,16,20,26-27H,5-7,10-12H2,1H3;1-4,10H,(H,11,12,13). The molecule has 1 aliphatic heterocycles. The molecule has 5 aromatic rings. The van der Waals surface area contributed by atoms with Crippen LogP contribution >= 0.6 is 23.2 Å². The van der Waals surface area contributed by atoms with Crippen molar-refractivity contribution in [1.29, 1.82) is 5.26 Å². The SMILES string of the molecule is CC1CCN(C(=O)C(CCn2cccc2C#N)NS(=O)(=O)c2cc3[nH]ccc3cc2Cl)CC1.O=S(=O)(O)c1cc2[nH]ccc2cc1Cl. The van der Waals surface area contributed by atoms with Crippen LogP contribution < -0.4 is 4.72 Å². The van der Waals surface area contributed by atoms with Crippen LogP contribution in [0.2, 0.25) is 10.0 Å². The molecule has 2 aromatic carbocycles. The fourth-order valence-corrected chi connectivity index (χ4v) is 8.24. The van der Waals surface area contributed by atoms with Gasteiger partial charge in [-0.2, -0.15) is 18.4 Å². The van der Waals surface area contributed by atoms with Crippen molar-refractivity contribution in [2.75, 3.05) is 13.1 Å². The zero-order valence-electron chi connectivity index (χ0n) is 25.2. The summed E-state index contributed by atoms with van der Waals surface area (Å²) in [6.45, 7) is 3.67. The van der Waals surface area contributed by atoms with E-state index in [0.717, 1.165) is 23.6 Å². The quantitative estimate of drug-likeness (QED) is 0.152. The second kappa shape index (κ2) is 14.1.